The predicted octanol–water partition coefficient (Wildman–Crippen LogP) is 6.63. The van der Waals surface area contributed by atoms with Gasteiger partial charge >= 0.3 is 18.1 Å². The summed E-state index contributed by atoms with van der Waals surface area (Å²) in [5.41, 5.74) is 1.46. The van der Waals surface area contributed by atoms with Crippen molar-refractivity contribution < 1.29 is 32.2 Å². The van der Waals surface area contributed by atoms with Gasteiger partial charge in [0.25, 0.3) is 0 Å². The van der Waals surface area contributed by atoms with Gasteiger partial charge in [0, 0.05) is 12.8 Å². The summed E-state index contributed by atoms with van der Waals surface area (Å²) in [7, 11) is 1.44. The number of carbonyl (C=O) groups excluding carboxylic acids is 2. The van der Waals surface area contributed by atoms with Crippen molar-refractivity contribution in [2.24, 2.45) is 40.4 Å². The van der Waals surface area contributed by atoms with Gasteiger partial charge in [-0.05, 0) is 91.8 Å². The molecular weight excluding hydrogens is 445 g/mol. The van der Waals surface area contributed by atoms with E-state index in [0.29, 0.717) is 48.9 Å². The molecule has 0 amide bonds. The highest BCUT2D eigenvalue weighted by molar-refractivity contribution is 5.75. The molecule has 0 radical (unpaired) electrons. The molecule has 0 saturated heterocycles. The monoisotopic (exact) mass is 484 g/mol. The number of ether oxygens (including phenoxy) is 2. The Morgan fingerprint density at radius 1 is 1.12 bits per heavy atom. The first-order valence-corrected chi connectivity index (χ1v) is 12.9. The van der Waals surface area contributed by atoms with E-state index in [4.69, 9.17) is 9.47 Å². The van der Waals surface area contributed by atoms with E-state index < -0.39 is 18.2 Å². The number of allylic oxidation sites excluding steroid dienone is 1. The number of esters is 2. The van der Waals surface area contributed by atoms with Crippen LogP contribution in [0, 0.1) is 40.4 Å². The van der Waals surface area contributed by atoms with Crippen molar-refractivity contribution in [1.82, 2.24) is 0 Å². The SMILES string of the molecule is COC(=O)CC[C@@H](C)[C@H]1CC[C@H]2[C@@H]3CC=C4C[C@@H](OC(=O)C(F)(F)F)CC[C@]4(C)[C@H]3CC[C@]12C. The Balaban J connectivity index is 1.46. The fourth-order valence-electron chi connectivity index (χ4n) is 8.57. The van der Waals surface area contributed by atoms with Gasteiger partial charge < -0.3 is 9.47 Å². The second-order valence-electron chi connectivity index (χ2n) is 11.8. The average molecular weight is 485 g/mol. The summed E-state index contributed by atoms with van der Waals surface area (Å²) in [6, 6.07) is 0. The molecule has 3 saturated carbocycles. The van der Waals surface area contributed by atoms with Gasteiger partial charge in [0.15, 0.2) is 0 Å². The van der Waals surface area contributed by atoms with Crippen LogP contribution in [0.1, 0.15) is 85.0 Å². The first-order chi connectivity index (χ1) is 15.9. The van der Waals surface area contributed by atoms with Crippen LogP contribution >= 0.6 is 0 Å². The maximum atomic E-state index is 12.7. The summed E-state index contributed by atoms with van der Waals surface area (Å²) in [5.74, 6) is 0.668. The van der Waals surface area contributed by atoms with Crippen LogP contribution in [0.5, 0.6) is 0 Å². The predicted molar refractivity (Wildman–Crippen MR) is 122 cm³/mol. The normalized spacial score (nSPS) is 40.3. The van der Waals surface area contributed by atoms with Crippen LogP contribution < -0.4 is 0 Å². The van der Waals surface area contributed by atoms with E-state index in [1.54, 1.807) is 0 Å². The van der Waals surface area contributed by atoms with E-state index in [0.717, 1.165) is 25.7 Å². The molecule has 3 fully saturated rings. The van der Waals surface area contributed by atoms with Crippen molar-refractivity contribution in [3.63, 3.8) is 0 Å². The summed E-state index contributed by atoms with van der Waals surface area (Å²) in [6.45, 7) is 7.05. The molecule has 0 aromatic carbocycles. The van der Waals surface area contributed by atoms with E-state index in [1.165, 1.54) is 31.9 Å². The molecule has 0 heterocycles. The molecule has 0 spiro atoms. The zero-order valence-electron chi connectivity index (χ0n) is 20.9. The molecule has 0 unspecified atom stereocenters. The van der Waals surface area contributed by atoms with Gasteiger partial charge in [0.1, 0.15) is 6.10 Å². The summed E-state index contributed by atoms with van der Waals surface area (Å²) in [4.78, 5) is 23.0. The second-order valence-corrected chi connectivity index (χ2v) is 11.8. The molecule has 4 aliphatic rings. The number of hydrogen-bond donors (Lipinski definition) is 0. The van der Waals surface area contributed by atoms with Gasteiger partial charge in [-0.25, -0.2) is 4.79 Å². The molecule has 192 valence electrons. The zero-order chi connectivity index (χ0) is 24.9. The molecule has 4 rings (SSSR count). The van der Waals surface area contributed by atoms with Crippen LogP contribution in [0.3, 0.4) is 0 Å². The van der Waals surface area contributed by atoms with E-state index >= 15 is 0 Å². The number of halogens is 3. The number of methoxy groups -OCH3 is 1. The van der Waals surface area contributed by atoms with Crippen LogP contribution in [0.25, 0.3) is 0 Å². The molecule has 0 bridgehead atoms. The lowest BCUT2D eigenvalue weighted by atomic mass is 9.47. The molecule has 34 heavy (non-hydrogen) atoms. The minimum absolute atomic E-state index is 0.0139. The van der Waals surface area contributed by atoms with E-state index in [-0.39, 0.29) is 16.8 Å². The maximum absolute atomic E-state index is 12.7. The molecule has 0 aromatic rings. The summed E-state index contributed by atoms with van der Waals surface area (Å²) >= 11 is 0. The van der Waals surface area contributed by atoms with Gasteiger partial charge in [-0.3, -0.25) is 4.79 Å². The first-order valence-electron chi connectivity index (χ1n) is 12.9. The average Bonchev–Trinajstić information content (AvgIpc) is 3.14. The largest absolute Gasteiger partial charge is 0.490 e. The second kappa shape index (κ2) is 9.16. The van der Waals surface area contributed by atoms with Crippen LogP contribution in [0.4, 0.5) is 13.2 Å². The third-order valence-electron chi connectivity index (χ3n) is 10.4. The molecule has 0 aromatic heterocycles. The van der Waals surface area contributed by atoms with Gasteiger partial charge in [-0.15, -0.1) is 0 Å². The summed E-state index contributed by atoms with van der Waals surface area (Å²) in [5, 5.41) is 0. The van der Waals surface area contributed by atoms with Crippen molar-refractivity contribution >= 4 is 11.9 Å². The molecule has 7 heteroatoms. The Bertz CT molecular complexity index is 836. The minimum Gasteiger partial charge on any atom is -0.469 e. The Hall–Kier alpha value is -1.53. The summed E-state index contributed by atoms with van der Waals surface area (Å²) in [6.07, 6.45) is 5.40. The number of alkyl halides is 3. The third-order valence-corrected chi connectivity index (χ3v) is 10.4. The number of hydrogen-bond acceptors (Lipinski definition) is 4. The smallest absolute Gasteiger partial charge is 0.469 e. The maximum Gasteiger partial charge on any atom is 0.490 e. The Kier molecular flexibility index (Phi) is 6.89. The van der Waals surface area contributed by atoms with Crippen molar-refractivity contribution in [3.8, 4) is 0 Å². The first kappa shape index (κ1) is 25.6. The van der Waals surface area contributed by atoms with Gasteiger partial charge in [0.2, 0.25) is 0 Å². The lowest BCUT2D eigenvalue weighted by Crippen LogP contribution is -2.51. The molecule has 0 aliphatic heterocycles. The zero-order valence-corrected chi connectivity index (χ0v) is 20.9. The molecule has 0 N–H and O–H groups in total. The lowest BCUT2D eigenvalue weighted by Gasteiger charge is -2.58. The minimum atomic E-state index is -4.94. The molecule has 4 nitrogen and oxygen atoms in total. The lowest BCUT2D eigenvalue weighted by molar-refractivity contribution is -0.206. The van der Waals surface area contributed by atoms with Crippen molar-refractivity contribution in [2.75, 3.05) is 7.11 Å². The van der Waals surface area contributed by atoms with Crippen molar-refractivity contribution in [2.45, 2.75) is 97.3 Å². The molecule has 4 aliphatic carbocycles. The highest BCUT2D eigenvalue weighted by Crippen LogP contribution is 2.67. The van der Waals surface area contributed by atoms with Crippen molar-refractivity contribution in [1.29, 1.82) is 0 Å². The van der Waals surface area contributed by atoms with Crippen LogP contribution in [-0.4, -0.2) is 31.3 Å². The topological polar surface area (TPSA) is 52.6 Å². The van der Waals surface area contributed by atoms with E-state index in [9.17, 15) is 22.8 Å². The van der Waals surface area contributed by atoms with E-state index in [2.05, 4.69) is 26.8 Å². The number of carbonyl (C=O) groups is 2. The van der Waals surface area contributed by atoms with Crippen molar-refractivity contribution in [3.05, 3.63) is 11.6 Å². The van der Waals surface area contributed by atoms with Gasteiger partial charge in [0.05, 0.1) is 7.11 Å². The fraction of sp³-hybridized carbons (Fsp3) is 0.852. The third kappa shape index (κ3) is 4.41. The Morgan fingerprint density at radius 2 is 1.85 bits per heavy atom. The molecule has 8 atom stereocenters. The fourth-order valence-corrected chi connectivity index (χ4v) is 8.57. The van der Waals surface area contributed by atoms with Gasteiger partial charge in [-0.1, -0.05) is 32.4 Å². The van der Waals surface area contributed by atoms with Gasteiger partial charge in [-0.2, -0.15) is 13.2 Å². The van der Waals surface area contributed by atoms with E-state index in [1.807, 2.05) is 0 Å². The number of rotatable bonds is 5. The summed E-state index contributed by atoms with van der Waals surface area (Å²) < 4.78 is 47.7. The Morgan fingerprint density at radius 3 is 2.53 bits per heavy atom. The Labute approximate surface area is 201 Å². The number of fused-ring (bicyclic) bond motifs is 5. The van der Waals surface area contributed by atoms with Crippen LogP contribution in [0.15, 0.2) is 11.6 Å². The standard InChI is InChI=1S/C27H39F3O4/c1-16(5-10-23(31)33-4)20-8-9-21-19-7-6-17-15-18(34-24(32)27(28,29)30)11-13-25(17,2)22(19)12-14-26(20,21)3/h6,16,18-22H,5,7-15H2,1-4H3/t16-,18+,19+,20-,21+,22+,25+,26-/m1/s1. The van der Waals surface area contributed by atoms with Crippen LogP contribution in [0.2, 0.25) is 0 Å². The van der Waals surface area contributed by atoms with Crippen LogP contribution in [-0.2, 0) is 19.1 Å². The highest BCUT2D eigenvalue weighted by Gasteiger charge is 2.59. The highest BCUT2D eigenvalue weighted by atomic mass is 19.4. The quantitative estimate of drug-likeness (QED) is 0.325. The molecular formula is C27H39F3O4.